The first-order valence-electron chi connectivity index (χ1n) is 18.6. The minimum atomic E-state index is 0.721. The molecule has 0 atom stereocenters. The largest absolute Gasteiger partial charge is 0.233 e. The van der Waals surface area contributed by atoms with Gasteiger partial charge in [-0.25, -0.2) is 15.0 Å². The highest BCUT2D eigenvalue weighted by atomic mass is 32.1. The quantitative estimate of drug-likeness (QED) is 0.0836. The van der Waals surface area contributed by atoms with Crippen molar-refractivity contribution in [1.29, 1.82) is 0 Å². The van der Waals surface area contributed by atoms with Gasteiger partial charge in [0.15, 0.2) is 10.8 Å². The molecule has 4 aromatic heterocycles. The van der Waals surface area contributed by atoms with Crippen LogP contribution in [0.15, 0.2) is 66.7 Å². The number of thiophene rings is 2. The minimum absolute atomic E-state index is 0.721. The number of fused-ring (bicyclic) bond motifs is 1. The van der Waals surface area contributed by atoms with E-state index in [2.05, 4.69) is 94.4 Å². The minimum Gasteiger partial charge on any atom is -0.233 e. The molecule has 0 unspecified atom stereocenters. The average Bonchev–Trinajstić information content (AvgIpc) is 3.88. The summed E-state index contributed by atoms with van der Waals surface area (Å²) in [6.07, 6.45) is 17.9. The van der Waals surface area contributed by atoms with E-state index in [1.807, 2.05) is 22.7 Å². The van der Waals surface area contributed by atoms with Crippen molar-refractivity contribution in [2.45, 2.75) is 118 Å². The summed E-state index contributed by atoms with van der Waals surface area (Å²) in [6, 6.07) is 24.5. The molecule has 0 radical (unpaired) electrons. The average molecular weight is 706 g/mol. The summed E-state index contributed by atoms with van der Waals surface area (Å²) in [5, 5.41) is 0.881. The number of hydrogen-bond acceptors (Lipinski definition) is 6. The summed E-state index contributed by atoms with van der Waals surface area (Å²) in [5.41, 5.74) is 8.58. The molecule has 6 rings (SSSR count). The Morgan fingerprint density at radius 3 is 1.88 bits per heavy atom. The van der Waals surface area contributed by atoms with Crippen LogP contribution in [0, 0.1) is 13.8 Å². The van der Waals surface area contributed by atoms with Gasteiger partial charge in [-0.15, -0.1) is 34.0 Å². The molecule has 49 heavy (non-hydrogen) atoms. The number of unbranched alkanes of at least 4 members (excludes halogenated alkanes) is 10. The fourth-order valence-electron chi connectivity index (χ4n) is 6.67. The van der Waals surface area contributed by atoms with E-state index < -0.39 is 0 Å². The fraction of sp³-hybridized carbons (Fsp3) is 0.419. The first-order chi connectivity index (χ1) is 24.0. The van der Waals surface area contributed by atoms with E-state index in [-0.39, 0.29) is 0 Å². The van der Waals surface area contributed by atoms with Crippen LogP contribution in [0.3, 0.4) is 0 Å². The smallest absolute Gasteiger partial charge is 0.189 e. The molecule has 0 aliphatic rings. The lowest BCUT2D eigenvalue weighted by atomic mass is 9.91. The van der Waals surface area contributed by atoms with E-state index >= 15 is 0 Å². The van der Waals surface area contributed by atoms with Crippen LogP contribution in [0.1, 0.15) is 112 Å². The Morgan fingerprint density at radius 1 is 0.531 bits per heavy atom. The van der Waals surface area contributed by atoms with Gasteiger partial charge in [-0.1, -0.05) is 96.3 Å². The Labute approximate surface area is 305 Å². The zero-order valence-corrected chi connectivity index (χ0v) is 32.3. The van der Waals surface area contributed by atoms with E-state index in [0.717, 1.165) is 40.6 Å². The summed E-state index contributed by atoms with van der Waals surface area (Å²) < 4.78 is 1.17. The van der Waals surface area contributed by atoms with E-state index in [4.69, 9.17) is 15.0 Å². The SMILES string of the molecule is CCCCCCCCc1cc(-c2cc(-c3ccc(-c4ccc(C)s4)s3)nc(-c3nc4ccccc4s3)n2)c(CCCCCCCC)cc1C. The molecule has 0 aliphatic carbocycles. The van der Waals surface area contributed by atoms with Crippen molar-refractivity contribution in [3.05, 3.63) is 88.3 Å². The number of nitrogens with zero attached hydrogens (tertiary/aromatic N) is 3. The van der Waals surface area contributed by atoms with Crippen molar-refractivity contribution >= 4 is 44.2 Å². The van der Waals surface area contributed by atoms with Gasteiger partial charge in [0, 0.05) is 20.2 Å². The van der Waals surface area contributed by atoms with Crippen LogP contribution in [-0.2, 0) is 12.8 Å². The van der Waals surface area contributed by atoms with Crippen LogP contribution in [0.25, 0.3) is 52.6 Å². The maximum atomic E-state index is 5.34. The van der Waals surface area contributed by atoms with Gasteiger partial charge in [-0.05, 0) is 105 Å². The Morgan fingerprint density at radius 2 is 1.16 bits per heavy atom. The molecule has 256 valence electrons. The first kappa shape index (κ1) is 35.6. The molecule has 0 spiro atoms. The maximum absolute atomic E-state index is 5.34. The normalized spacial score (nSPS) is 11.6. The molecular formula is C43H51N3S3. The highest BCUT2D eigenvalue weighted by Crippen LogP contribution is 2.40. The Bertz CT molecular complexity index is 1910. The van der Waals surface area contributed by atoms with Crippen LogP contribution in [0.4, 0.5) is 0 Å². The van der Waals surface area contributed by atoms with Gasteiger partial charge in [-0.3, -0.25) is 0 Å². The number of hydrogen-bond donors (Lipinski definition) is 0. The fourth-order valence-corrected chi connectivity index (χ4v) is 9.49. The predicted octanol–water partition coefficient (Wildman–Crippen LogP) is 14.3. The second kappa shape index (κ2) is 17.6. The molecule has 6 heteroatoms. The predicted molar refractivity (Wildman–Crippen MR) is 216 cm³/mol. The third kappa shape index (κ3) is 9.33. The molecule has 0 saturated carbocycles. The van der Waals surface area contributed by atoms with Crippen molar-refractivity contribution in [3.8, 4) is 42.4 Å². The molecule has 4 heterocycles. The standard InChI is InChI=1S/C43H51N3S3/c1-5-7-9-11-13-15-19-32-28-34(33(27-30(32)3)20-16-14-12-10-8-6-2)36-29-37(39-25-26-41(48-39)40-24-23-31(4)47-40)45-42(44-36)43-46-35-21-17-18-22-38(35)49-43/h17-18,21-29H,5-16,19-20H2,1-4H3. The Balaban J connectivity index is 1.40. The van der Waals surface area contributed by atoms with Crippen LogP contribution in [0.2, 0.25) is 0 Å². The Kier molecular flexibility index (Phi) is 12.8. The molecule has 0 N–H and O–H groups in total. The number of benzene rings is 2. The third-order valence-electron chi connectivity index (χ3n) is 9.49. The number of aryl methyl sites for hydroxylation is 4. The van der Waals surface area contributed by atoms with Crippen molar-refractivity contribution in [2.24, 2.45) is 0 Å². The summed E-state index contributed by atoms with van der Waals surface area (Å²) >= 11 is 5.36. The van der Waals surface area contributed by atoms with Gasteiger partial charge < -0.3 is 0 Å². The summed E-state index contributed by atoms with van der Waals surface area (Å²) in [5.74, 6) is 0.721. The Hall–Kier alpha value is -3.19. The highest BCUT2D eigenvalue weighted by Gasteiger charge is 2.18. The van der Waals surface area contributed by atoms with E-state index in [1.165, 1.54) is 124 Å². The number of para-hydroxylation sites is 1. The zero-order valence-electron chi connectivity index (χ0n) is 29.8. The number of thiazole rings is 1. The molecule has 0 saturated heterocycles. The molecule has 0 fully saturated rings. The molecule has 6 aromatic rings. The van der Waals surface area contributed by atoms with Crippen molar-refractivity contribution < 1.29 is 0 Å². The number of rotatable bonds is 18. The summed E-state index contributed by atoms with van der Waals surface area (Å²) in [7, 11) is 0. The molecular weight excluding hydrogens is 655 g/mol. The van der Waals surface area contributed by atoms with Gasteiger partial charge in [0.2, 0.25) is 0 Å². The van der Waals surface area contributed by atoms with Gasteiger partial charge in [0.25, 0.3) is 0 Å². The van der Waals surface area contributed by atoms with Crippen LogP contribution in [0.5, 0.6) is 0 Å². The van der Waals surface area contributed by atoms with Gasteiger partial charge >= 0.3 is 0 Å². The molecule has 0 amide bonds. The molecule has 2 aromatic carbocycles. The van der Waals surface area contributed by atoms with E-state index in [0.29, 0.717) is 0 Å². The molecule has 0 bridgehead atoms. The van der Waals surface area contributed by atoms with Crippen molar-refractivity contribution in [1.82, 2.24) is 15.0 Å². The van der Waals surface area contributed by atoms with Crippen LogP contribution < -0.4 is 0 Å². The topological polar surface area (TPSA) is 38.7 Å². The number of aromatic nitrogens is 3. The van der Waals surface area contributed by atoms with Gasteiger partial charge in [0.1, 0.15) is 0 Å². The highest BCUT2D eigenvalue weighted by molar-refractivity contribution is 7.24. The summed E-state index contributed by atoms with van der Waals surface area (Å²) in [4.78, 5) is 20.7. The van der Waals surface area contributed by atoms with Gasteiger partial charge in [-0.2, -0.15) is 0 Å². The molecule has 0 aliphatic heterocycles. The zero-order chi connectivity index (χ0) is 34.0. The molecule has 3 nitrogen and oxygen atoms in total. The third-order valence-corrected chi connectivity index (χ3v) is 12.8. The van der Waals surface area contributed by atoms with Crippen LogP contribution in [-0.4, -0.2) is 15.0 Å². The lowest BCUT2D eigenvalue weighted by Gasteiger charge is -2.16. The monoisotopic (exact) mass is 705 g/mol. The lowest BCUT2D eigenvalue weighted by molar-refractivity contribution is 0.605. The van der Waals surface area contributed by atoms with Crippen molar-refractivity contribution in [3.63, 3.8) is 0 Å². The van der Waals surface area contributed by atoms with Crippen molar-refractivity contribution in [2.75, 3.05) is 0 Å². The van der Waals surface area contributed by atoms with Crippen LogP contribution >= 0.6 is 34.0 Å². The summed E-state index contributed by atoms with van der Waals surface area (Å²) in [6.45, 7) is 9.08. The first-order valence-corrected chi connectivity index (χ1v) is 21.0. The second-order valence-electron chi connectivity index (χ2n) is 13.5. The lowest BCUT2D eigenvalue weighted by Crippen LogP contribution is -2.01. The maximum Gasteiger partial charge on any atom is 0.189 e. The van der Waals surface area contributed by atoms with E-state index in [9.17, 15) is 0 Å². The van der Waals surface area contributed by atoms with Gasteiger partial charge in [0.05, 0.1) is 26.5 Å². The van der Waals surface area contributed by atoms with E-state index in [1.54, 1.807) is 11.3 Å². The second-order valence-corrected chi connectivity index (χ2v) is 16.9.